The minimum absolute atomic E-state index is 0.0544. The second-order valence-corrected chi connectivity index (χ2v) is 6.63. The van der Waals surface area contributed by atoms with Gasteiger partial charge in [-0.3, -0.25) is 4.79 Å². The lowest BCUT2D eigenvalue weighted by Gasteiger charge is -2.32. The van der Waals surface area contributed by atoms with Crippen LogP contribution in [0.2, 0.25) is 5.02 Å². The van der Waals surface area contributed by atoms with E-state index in [0.717, 1.165) is 30.4 Å². The molecule has 1 heterocycles. The molecule has 1 aromatic carbocycles. The van der Waals surface area contributed by atoms with E-state index >= 15 is 0 Å². The molecule has 1 atom stereocenters. The highest BCUT2D eigenvalue weighted by Crippen LogP contribution is 2.29. The fourth-order valence-electron chi connectivity index (χ4n) is 2.30. The molecule has 2 rings (SSSR count). The zero-order valence-electron chi connectivity index (χ0n) is 11.7. The molecule has 5 heteroatoms. The predicted octanol–water partition coefficient (Wildman–Crippen LogP) is 4.13. The Morgan fingerprint density at radius 1 is 1.45 bits per heavy atom. The smallest absolute Gasteiger partial charge is 0.263 e. The standard InChI is InChI=1S/C15H19BrClNO2/c1-10-5-7-18(8-6-10)15(19)11(2)20-14-4-3-12(17)9-13(14)16/h3-4,9-11H,5-8H2,1-2H3. The van der Waals surface area contributed by atoms with Gasteiger partial charge < -0.3 is 9.64 Å². The van der Waals surface area contributed by atoms with Crippen molar-refractivity contribution in [1.29, 1.82) is 0 Å². The lowest BCUT2D eigenvalue weighted by Crippen LogP contribution is -2.44. The van der Waals surface area contributed by atoms with Crippen molar-refractivity contribution in [1.82, 2.24) is 4.90 Å². The van der Waals surface area contributed by atoms with E-state index in [-0.39, 0.29) is 5.91 Å². The number of hydrogen-bond donors (Lipinski definition) is 0. The Morgan fingerprint density at radius 2 is 2.10 bits per heavy atom. The summed E-state index contributed by atoms with van der Waals surface area (Å²) in [4.78, 5) is 14.2. The zero-order chi connectivity index (χ0) is 14.7. The molecular formula is C15H19BrClNO2. The number of carbonyl (C=O) groups excluding carboxylic acids is 1. The van der Waals surface area contributed by atoms with E-state index in [4.69, 9.17) is 16.3 Å². The van der Waals surface area contributed by atoms with E-state index in [0.29, 0.717) is 16.7 Å². The van der Waals surface area contributed by atoms with Crippen LogP contribution in [0.4, 0.5) is 0 Å². The van der Waals surface area contributed by atoms with Crippen molar-refractivity contribution in [2.75, 3.05) is 13.1 Å². The predicted molar refractivity (Wildman–Crippen MR) is 84.2 cm³/mol. The summed E-state index contributed by atoms with van der Waals surface area (Å²) in [5.41, 5.74) is 0. The van der Waals surface area contributed by atoms with Crippen LogP contribution in [-0.4, -0.2) is 30.0 Å². The van der Waals surface area contributed by atoms with E-state index in [2.05, 4.69) is 22.9 Å². The number of nitrogens with zero attached hydrogens (tertiary/aromatic N) is 1. The van der Waals surface area contributed by atoms with Crippen LogP contribution in [0.1, 0.15) is 26.7 Å². The third kappa shape index (κ3) is 3.89. The summed E-state index contributed by atoms with van der Waals surface area (Å²) in [6.45, 7) is 5.68. The summed E-state index contributed by atoms with van der Waals surface area (Å²) >= 11 is 9.28. The van der Waals surface area contributed by atoms with Crippen molar-refractivity contribution in [3.05, 3.63) is 27.7 Å². The fourth-order valence-corrected chi connectivity index (χ4v) is 3.07. The molecule has 1 unspecified atom stereocenters. The van der Waals surface area contributed by atoms with Crippen LogP contribution in [0, 0.1) is 5.92 Å². The summed E-state index contributed by atoms with van der Waals surface area (Å²) in [6.07, 6.45) is 1.66. The SMILES string of the molecule is CC1CCN(C(=O)C(C)Oc2ccc(Cl)cc2Br)CC1. The van der Waals surface area contributed by atoms with Gasteiger partial charge in [-0.1, -0.05) is 18.5 Å². The summed E-state index contributed by atoms with van der Waals surface area (Å²) in [6, 6.07) is 5.28. The Bertz CT molecular complexity index is 487. The number of carbonyl (C=O) groups is 1. The van der Waals surface area contributed by atoms with Gasteiger partial charge in [0.1, 0.15) is 5.75 Å². The van der Waals surface area contributed by atoms with E-state index in [1.165, 1.54) is 0 Å². The maximum absolute atomic E-state index is 12.3. The van der Waals surface area contributed by atoms with Crippen LogP contribution in [0.25, 0.3) is 0 Å². The molecule has 1 aliphatic heterocycles. The van der Waals surface area contributed by atoms with Crippen LogP contribution in [0.15, 0.2) is 22.7 Å². The molecule has 110 valence electrons. The molecule has 3 nitrogen and oxygen atoms in total. The van der Waals surface area contributed by atoms with Crippen LogP contribution in [-0.2, 0) is 4.79 Å². The van der Waals surface area contributed by atoms with Gasteiger partial charge in [-0.2, -0.15) is 0 Å². The van der Waals surface area contributed by atoms with Crippen LogP contribution < -0.4 is 4.74 Å². The molecule has 0 spiro atoms. The Hall–Kier alpha value is -0.740. The molecular weight excluding hydrogens is 342 g/mol. The first-order chi connectivity index (χ1) is 9.47. The van der Waals surface area contributed by atoms with E-state index in [1.54, 1.807) is 25.1 Å². The van der Waals surface area contributed by atoms with Gasteiger partial charge in [0.15, 0.2) is 6.10 Å². The minimum Gasteiger partial charge on any atom is -0.480 e. The molecule has 0 N–H and O–H groups in total. The largest absolute Gasteiger partial charge is 0.480 e. The highest BCUT2D eigenvalue weighted by molar-refractivity contribution is 9.10. The number of amides is 1. The van der Waals surface area contributed by atoms with Crippen molar-refractivity contribution in [3.63, 3.8) is 0 Å². The summed E-state index contributed by atoms with van der Waals surface area (Å²) in [7, 11) is 0. The Balaban J connectivity index is 1.97. The van der Waals surface area contributed by atoms with Crippen molar-refractivity contribution < 1.29 is 9.53 Å². The highest BCUT2D eigenvalue weighted by Gasteiger charge is 2.25. The van der Waals surface area contributed by atoms with E-state index in [1.807, 2.05) is 4.90 Å². The molecule has 1 aromatic rings. The van der Waals surface area contributed by atoms with Crippen molar-refractivity contribution >= 4 is 33.4 Å². The number of rotatable bonds is 3. The first-order valence-corrected chi connectivity index (χ1v) is 8.05. The topological polar surface area (TPSA) is 29.5 Å². The monoisotopic (exact) mass is 359 g/mol. The third-order valence-corrected chi connectivity index (χ3v) is 4.50. The number of benzene rings is 1. The van der Waals surface area contributed by atoms with Crippen molar-refractivity contribution in [3.8, 4) is 5.75 Å². The maximum Gasteiger partial charge on any atom is 0.263 e. The first-order valence-electron chi connectivity index (χ1n) is 6.88. The molecule has 0 bridgehead atoms. The number of likely N-dealkylation sites (tertiary alicyclic amines) is 1. The van der Waals surface area contributed by atoms with Crippen molar-refractivity contribution in [2.24, 2.45) is 5.92 Å². The number of piperidine rings is 1. The quantitative estimate of drug-likeness (QED) is 0.811. The lowest BCUT2D eigenvalue weighted by atomic mass is 9.99. The van der Waals surface area contributed by atoms with Gasteiger partial charge in [0.2, 0.25) is 0 Å². The number of ether oxygens (including phenoxy) is 1. The van der Waals surface area contributed by atoms with Gasteiger partial charge in [0.25, 0.3) is 5.91 Å². The molecule has 1 aliphatic rings. The Kier molecular flexibility index (Phi) is 5.33. The molecule has 0 radical (unpaired) electrons. The molecule has 1 saturated heterocycles. The fraction of sp³-hybridized carbons (Fsp3) is 0.533. The highest BCUT2D eigenvalue weighted by atomic mass is 79.9. The molecule has 1 fully saturated rings. The lowest BCUT2D eigenvalue weighted by molar-refractivity contribution is -0.139. The summed E-state index contributed by atoms with van der Waals surface area (Å²) in [5, 5.41) is 0.633. The third-order valence-electron chi connectivity index (χ3n) is 3.64. The maximum atomic E-state index is 12.3. The molecule has 20 heavy (non-hydrogen) atoms. The minimum atomic E-state index is -0.485. The number of halogens is 2. The van der Waals surface area contributed by atoms with Crippen LogP contribution in [0.3, 0.4) is 0 Å². The van der Waals surface area contributed by atoms with Crippen LogP contribution >= 0.6 is 27.5 Å². The average molecular weight is 361 g/mol. The normalized spacial score (nSPS) is 17.9. The molecule has 0 aromatic heterocycles. The molecule has 1 amide bonds. The molecule has 0 saturated carbocycles. The Labute approximate surface area is 133 Å². The van der Waals surface area contributed by atoms with Crippen molar-refractivity contribution in [2.45, 2.75) is 32.8 Å². The van der Waals surface area contributed by atoms with Gasteiger partial charge in [-0.25, -0.2) is 0 Å². The first kappa shape index (κ1) is 15.6. The summed E-state index contributed by atoms with van der Waals surface area (Å²) in [5.74, 6) is 1.40. The van der Waals surface area contributed by atoms with Gasteiger partial charge in [-0.15, -0.1) is 0 Å². The van der Waals surface area contributed by atoms with E-state index < -0.39 is 6.10 Å². The second kappa shape index (κ2) is 6.81. The summed E-state index contributed by atoms with van der Waals surface area (Å²) < 4.78 is 6.51. The van der Waals surface area contributed by atoms with E-state index in [9.17, 15) is 4.79 Å². The Morgan fingerprint density at radius 3 is 2.70 bits per heavy atom. The van der Waals surface area contributed by atoms with Crippen LogP contribution in [0.5, 0.6) is 5.75 Å². The average Bonchev–Trinajstić information content (AvgIpc) is 2.42. The number of hydrogen-bond acceptors (Lipinski definition) is 2. The van der Waals surface area contributed by atoms with Gasteiger partial charge in [0.05, 0.1) is 4.47 Å². The van der Waals surface area contributed by atoms with Gasteiger partial charge >= 0.3 is 0 Å². The zero-order valence-corrected chi connectivity index (χ0v) is 14.1. The second-order valence-electron chi connectivity index (χ2n) is 5.34. The molecule has 0 aliphatic carbocycles. The van der Waals surface area contributed by atoms with Gasteiger partial charge in [0, 0.05) is 18.1 Å². The van der Waals surface area contributed by atoms with Gasteiger partial charge in [-0.05, 0) is 59.8 Å².